The number of benzene rings is 1. The highest BCUT2D eigenvalue weighted by Gasteiger charge is 2.14. The Labute approximate surface area is 128 Å². The molecule has 0 aliphatic heterocycles. The van der Waals surface area contributed by atoms with Gasteiger partial charge in [-0.15, -0.1) is 0 Å². The molecule has 0 amide bonds. The van der Waals surface area contributed by atoms with Crippen LogP contribution in [0.3, 0.4) is 0 Å². The number of halogens is 1. The van der Waals surface area contributed by atoms with Gasteiger partial charge in [0.05, 0.1) is 0 Å². The second-order valence-corrected chi connectivity index (χ2v) is 5.95. The lowest BCUT2D eigenvalue weighted by molar-refractivity contribution is 0.852. The number of nitrogens with zero attached hydrogens (tertiary/aromatic N) is 2. The van der Waals surface area contributed by atoms with Gasteiger partial charge in [0.1, 0.15) is 18.0 Å². The van der Waals surface area contributed by atoms with Gasteiger partial charge in [0.15, 0.2) is 0 Å². The summed E-state index contributed by atoms with van der Waals surface area (Å²) in [4.78, 5) is 8.67. The highest BCUT2D eigenvalue weighted by molar-refractivity contribution is 9.10. The van der Waals surface area contributed by atoms with E-state index >= 15 is 0 Å². The number of hydrogen-bond acceptors (Lipinski definition) is 4. The van der Waals surface area contributed by atoms with E-state index in [0.717, 1.165) is 27.4 Å². The van der Waals surface area contributed by atoms with Crippen molar-refractivity contribution in [3.63, 3.8) is 0 Å². The Bertz CT molecular complexity index is 591. The summed E-state index contributed by atoms with van der Waals surface area (Å²) >= 11 is 3.52. The van der Waals surface area contributed by atoms with Gasteiger partial charge in [-0.05, 0) is 36.6 Å². The first-order valence-corrected chi connectivity index (χ1v) is 7.37. The van der Waals surface area contributed by atoms with Gasteiger partial charge in [0.2, 0.25) is 0 Å². The van der Waals surface area contributed by atoms with Gasteiger partial charge in [-0.1, -0.05) is 29.8 Å². The second kappa shape index (κ2) is 6.22. The van der Waals surface area contributed by atoms with Crippen molar-refractivity contribution in [3.8, 4) is 0 Å². The quantitative estimate of drug-likeness (QED) is 0.866. The van der Waals surface area contributed by atoms with Gasteiger partial charge in [-0.25, -0.2) is 9.97 Å². The smallest absolute Gasteiger partial charge is 0.139 e. The zero-order valence-corrected chi connectivity index (χ0v) is 13.7. The molecule has 0 aliphatic carbocycles. The third-order valence-electron chi connectivity index (χ3n) is 3.00. The first-order valence-electron chi connectivity index (χ1n) is 6.58. The number of nitrogens with one attached hydrogen (secondary N) is 2. The molecule has 0 saturated carbocycles. The molecule has 0 atom stereocenters. The molecule has 0 bridgehead atoms. The number of aromatic nitrogens is 2. The Balaban J connectivity index is 2.42. The molecule has 1 aromatic carbocycles. The van der Waals surface area contributed by atoms with Crippen LogP contribution in [-0.4, -0.2) is 17.0 Å². The number of aryl methyl sites for hydroxylation is 1. The molecule has 0 saturated heterocycles. The van der Waals surface area contributed by atoms with Crippen molar-refractivity contribution in [3.05, 3.63) is 40.1 Å². The summed E-state index contributed by atoms with van der Waals surface area (Å²) in [7, 11) is 1.88. The second-order valence-electron chi connectivity index (χ2n) is 5.03. The molecule has 4 nitrogen and oxygen atoms in total. The Kier molecular flexibility index (Phi) is 4.60. The average molecular weight is 335 g/mol. The van der Waals surface area contributed by atoms with Gasteiger partial charge < -0.3 is 10.6 Å². The van der Waals surface area contributed by atoms with Crippen molar-refractivity contribution in [1.29, 1.82) is 0 Å². The fourth-order valence-electron chi connectivity index (χ4n) is 2.19. The van der Waals surface area contributed by atoms with E-state index in [4.69, 9.17) is 0 Å². The summed E-state index contributed by atoms with van der Waals surface area (Å²) < 4.78 is 1.05. The standard InChI is InChI=1S/C15H19BrN4/c1-9(2)13-14(17-4)18-8-19-15(13)20-12-6-10(3)5-11(16)7-12/h5-9H,1-4H3,(H2,17,18,19,20). The van der Waals surface area contributed by atoms with Crippen molar-refractivity contribution in [1.82, 2.24) is 9.97 Å². The molecule has 1 heterocycles. The molecule has 0 aliphatic rings. The van der Waals surface area contributed by atoms with E-state index in [2.05, 4.69) is 69.4 Å². The normalized spacial score (nSPS) is 10.7. The van der Waals surface area contributed by atoms with Crippen molar-refractivity contribution in [2.75, 3.05) is 17.7 Å². The van der Waals surface area contributed by atoms with E-state index < -0.39 is 0 Å². The molecule has 20 heavy (non-hydrogen) atoms. The van der Waals surface area contributed by atoms with Crippen LogP contribution in [0, 0.1) is 6.92 Å². The third kappa shape index (κ3) is 3.28. The number of rotatable bonds is 4. The van der Waals surface area contributed by atoms with Crippen molar-refractivity contribution < 1.29 is 0 Å². The van der Waals surface area contributed by atoms with Crippen LogP contribution in [0.2, 0.25) is 0 Å². The summed E-state index contributed by atoms with van der Waals surface area (Å²) in [6.45, 7) is 6.34. The lowest BCUT2D eigenvalue weighted by Crippen LogP contribution is -2.07. The molecule has 2 N–H and O–H groups in total. The van der Waals surface area contributed by atoms with Crippen LogP contribution in [-0.2, 0) is 0 Å². The Morgan fingerprint density at radius 3 is 2.40 bits per heavy atom. The summed E-state index contributed by atoms with van der Waals surface area (Å²) in [5.74, 6) is 2.04. The Morgan fingerprint density at radius 2 is 1.80 bits per heavy atom. The molecule has 5 heteroatoms. The zero-order valence-electron chi connectivity index (χ0n) is 12.2. The van der Waals surface area contributed by atoms with Gasteiger partial charge in [0.25, 0.3) is 0 Å². The monoisotopic (exact) mass is 334 g/mol. The molecule has 106 valence electrons. The van der Waals surface area contributed by atoms with E-state index in [1.807, 2.05) is 13.1 Å². The van der Waals surface area contributed by atoms with E-state index in [1.165, 1.54) is 5.56 Å². The molecule has 2 aromatic rings. The van der Waals surface area contributed by atoms with Crippen LogP contribution < -0.4 is 10.6 Å². The van der Waals surface area contributed by atoms with Crippen LogP contribution in [0.5, 0.6) is 0 Å². The molecule has 2 rings (SSSR count). The maximum Gasteiger partial charge on any atom is 0.139 e. The highest BCUT2D eigenvalue weighted by atomic mass is 79.9. The first-order chi connectivity index (χ1) is 9.51. The Morgan fingerprint density at radius 1 is 1.10 bits per heavy atom. The third-order valence-corrected chi connectivity index (χ3v) is 3.46. The van der Waals surface area contributed by atoms with Crippen molar-refractivity contribution in [2.24, 2.45) is 0 Å². The van der Waals surface area contributed by atoms with Crippen molar-refractivity contribution >= 4 is 33.3 Å². The summed E-state index contributed by atoms with van der Waals surface area (Å²) in [5.41, 5.74) is 3.29. The largest absolute Gasteiger partial charge is 0.373 e. The predicted molar refractivity (Wildman–Crippen MR) is 87.8 cm³/mol. The van der Waals surface area contributed by atoms with E-state index in [9.17, 15) is 0 Å². The topological polar surface area (TPSA) is 49.8 Å². The van der Waals surface area contributed by atoms with Gasteiger partial charge >= 0.3 is 0 Å². The molecule has 1 aromatic heterocycles. The molecule has 0 spiro atoms. The van der Waals surface area contributed by atoms with Crippen LogP contribution in [0.4, 0.5) is 17.3 Å². The lowest BCUT2D eigenvalue weighted by atomic mass is 10.0. The zero-order chi connectivity index (χ0) is 14.7. The number of hydrogen-bond donors (Lipinski definition) is 2. The van der Waals surface area contributed by atoms with Crippen LogP contribution >= 0.6 is 15.9 Å². The minimum Gasteiger partial charge on any atom is -0.373 e. The van der Waals surface area contributed by atoms with E-state index in [1.54, 1.807) is 6.33 Å². The van der Waals surface area contributed by atoms with Gasteiger partial charge in [-0.3, -0.25) is 0 Å². The fourth-order valence-corrected chi connectivity index (χ4v) is 2.79. The number of anilines is 3. The minimum atomic E-state index is 0.328. The van der Waals surface area contributed by atoms with E-state index in [0.29, 0.717) is 5.92 Å². The maximum absolute atomic E-state index is 4.39. The first kappa shape index (κ1) is 14.8. The van der Waals surface area contributed by atoms with E-state index in [-0.39, 0.29) is 0 Å². The van der Waals surface area contributed by atoms with Crippen LogP contribution in [0.25, 0.3) is 0 Å². The molecular weight excluding hydrogens is 316 g/mol. The average Bonchev–Trinajstić information content (AvgIpc) is 2.36. The molecule has 0 radical (unpaired) electrons. The van der Waals surface area contributed by atoms with Gasteiger partial charge in [-0.2, -0.15) is 0 Å². The van der Waals surface area contributed by atoms with Crippen molar-refractivity contribution in [2.45, 2.75) is 26.7 Å². The SMILES string of the molecule is CNc1ncnc(Nc2cc(C)cc(Br)c2)c1C(C)C. The summed E-state index contributed by atoms with van der Waals surface area (Å²) in [6, 6.07) is 6.21. The predicted octanol–water partition coefficient (Wildman–Crippen LogP) is 4.46. The molecule has 0 unspecified atom stereocenters. The highest BCUT2D eigenvalue weighted by Crippen LogP contribution is 2.31. The summed E-state index contributed by atoms with van der Waals surface area (Å²) in [6.07, 6.45) is 1.57. The fraction of sp³-hybridized carbons (Fsp3) is 0.333. The minimum absolute atomic E-state index is 0.328. The van der Waals surface area contributed by atoms with Gasteiger partial charge in [0, 0.05) is 22.8 Å². The maximum atomic E-state index is 4.39. The van der Waals surface area contributed by atoms with Crippen LogP contribution in [0.15, 0.2) is 29.0 Å². The molecular formula is C15H19BrN4. The lowest BCUT2D eigenvalue weighted by Gasteiger charge is -2.17. The summed E-state index contributed by atoms with van der Waals surface area (Å²) in [5, 5.41) is 6.51. The van der Waals surface area contributed by atoms with Crippen LogP contribution in [0.1, 0.15) is 30.9 Å². The Hall–Kier alpha value is -1.62. The molecule has 0 fully saturated rings.